The number of amides is 2. The number of hydrogen-bond donors (Lipinski definition) is 1. The molecule has 1 fully saturated rings. The summed E-state index contributed by atoms with van der Waals surface area (Å²) in [5, 5.41) is 7.22. The molecule has 2 amide bonds. The Kier molecular flexibility index (Phi) is 4.60. The molecule has 1 N–H and O–H groups in total. The van der Waals surface area contributed by atoms with Gasteiger partial charge < -0.3 is 9.80 Å². The molecule has 3 aromatic rings. The molecule has 1 saturated heterocycles. The number of nitrogens with zero attached hydrogens (tertiary/aromatic N) is 3. The molecule has 7 nitrogen and oxygen atoms in total. The van der Waals surface area contributed by atoms with E-state index in [0.717, 1.165) is 0 Å². The average molecular weight is 380 g/mol. The average Bonchev–Trinajstić information content (AvgIpc) is 2.74. The topological polar surface area (TPSA) is 86.4 Å². The van der Waals surface area contributed by atoms with E-state index in [1.807, 2.05) is 0 Å². The molecular formula is C20H17FN4O3. The van der Waals surface area contributed by atoms with Crippen molar-refractivity contribution in [1.82, 2.24) is 20.0 Å². The summed E-state index contributed by atoms with van der Waals surface area (Å²) < 4.78 is 13.0. The summed E-state index contributed by atoms with van der Waals surface area (Å²) in [4.78, 5) is 40.6. The minimum absolute atomic E-state index is 0.188. The fourth-order valence-electron chi connectivity index (χ4n) is 3.32. The van der Waals surface area contributed by atoms with Crippen molar-refractivity contribution in [3.05, 3.63) is 76.0 Å². The van der Waals surface area contributed by atoms with Crippen molar-refractivity contribution in [3.63, 3.8) is 0 Å². The van der Waals surface area contributed by atoms with Crippen LogP contribution in [0.25, 0.3) is 10.8 Å². The van der Waals surface area contributed by atoms with Gasteiger partial charge in [-0.3, -0.25) is 14.4 Å². The summed E-state index contributed by atoms with van der Waals surface area (Å²) in [7, 11) is 0. The first kappa shape index (κ1) is 17.8. The highest BCUT2D eigenvalue weighted by atomic mass is 19.1. The van der Waals surface area contributed by atoms with Gasteiger partial charge in [-0.25, -0.2) is 9.49 Å². The molecule has 2 heterocycles. The van der Waals surface area contributed by atoms with Crippen LogP contribution >= 0.6 is 0 Å². The first-order valence-electron chi connectivity index (χ1n) is 8.86. The van der Waals surface area contributed by atoms with Gasteiger partial charge in [-0.1, -0.05) is 18.2 Å². The molecule has 1 aliphatic rings. The predicted molar refractivity (Wildman–Crippen MR) is 101 cm³/mol. The van der Waals surface area contributed by atoms with E-state index in [-0.39, 0.29) is 23.1 Å². The van der Waals surface area contributed by atoms with Crippen molar-refractivity contribution in [1.29, 1.82) is 0 Å². The number of rotatable bonds is 2. The first-order valence-corrected chi connectivity index (χ1v) is 8.86. The van der Waals surface area contributed by atoms with Crippen LogP contribution in [0, 0.1) is 5.82 Å². The highest BCUT2D eigenvalue weighted by molar-refractivity contribution is 6.04. The van der Waals surface area contributed by atoms with E-state index < -0.39 is 5.82 Å². The lowest BCUT2D eigenvalue weighted by Gasteiger charge is -2.34. The molecular weight excluding hydrogens is 363 g/mol. The SMILES string of the molecule is O=C(c1ccc(F)cc1)N1CCN(C(=O)c2n[nH]c(=O)c3ccccc23)CC1. The molecule has 4 rings (SSSR count). The van der Waals surface area contributed by atoms with Crippen molar-refractivity contribution < 1.29 is 14.0 Å². The number of carbonyl (C=O) groups excluding carboxylic acids is 2. The summed E-state index contributed by atoms with van der Waals surface area (Å²) >= 11 is 0. The van der Waals surface area contributed by atoms with Crippen molar-refractivity contribution in [2.75, 3.05) is 26.2 Å². The summed E-state index contributed by atoms with van der Waals surface area (Å²) in [5.74, 6) is -0.881. The maximum atomic E-state index is 13.0. The smallest absolute Gasteiger partial charge is 0.275 e. The van der Waals surface area contributed by atoms with Crippen LogP contribution in [0.3, 0.4) is 0 Å². The largest absolute Gasteiger partial charge is 0.335 e. The lowest BCUT2D eigenvalue weighted by Crippen LogP contribution is -2.50. The van der Waals surface area contributed by atoms with Crippen LogP contribution in [0.4, 0.5) is 4.39 Å². The fraction of sp³-hybridized carbons (Fsp3) is 0.200. The Morgan fingerprint density at radius 1 is 0.857 bits per heavy atom. The second-order valence-corrected chi connectivity index (χ2v) is 6.54. The van der Waals surface area contributed by atoms with E-state index in [1.165, 1.54) is 24.3 Å². The zero-order valence-electron chi connectivity index (χ0n) is 14.9. The van der Waals surface area contributed by atoms with Gasteiger partial charge >= 0.3 is 0 Å². The zero-order valence-corrected chi connectivity index (χ0v) is 14.9. The Morgan fingerprint density at radius 3 is 2.07 bits per heavy atom. The molecule has 0 saturated carbocycles. The van der Waals surface area contributed by atoms with Gasteiger partial charge in [-0.15, -0.1) is 0 Å². The van der Waals surface area contributed by atoms with E-state index in [2.05, 4.69) is 10.2 Å². The molecule has 0 atom stereocenters. The van der Waals surface area contributed by atoms with Gasteiger partial charge in [0.2, 0.25) is 0 Å². The van der Waals surface area contributed by atoms with Crippen LogP contribution < -0.4 is 5.56 Å². The summed E-state index contributed by atoms with van der Waals surface area (Å²) in [5.41, 5.74) is 0.254. The number of halogens is 1. The van der Waals surface area contributed by atoms with Gasteiger partial charge in [-0.2, -0.15) is 5.10 Å². The highest BCUT2D eigenvalue weighted by Gasteiger charge is 2.27. The minimum Gasteiger partial charge on any atom is -0.335 e. The van der Waals surface area contributed by atoms with Gasteiger partial charge in [0.25, 0.3) is 17.4 Å². The van der Waals surface area contributed by atoms with Crippen molar-refractivity contribution >= 4 is 22.6 Å². The third-order valence-electron chi connectivity index (χ3n) is 4.84. The molecule has 1 aliphatic heterocycles. The lowest BCUT2D eigenvalue weighted by molar-refractivity contribution is 0.0533. The molecule has 2 aromatic carbocycles. The highest BCUT2D eigenvalue weighted by Crippen LogP contribution is 2.16. The van der Waals surface area contributed by atoms with Crippen LogP contribution in [0.15, 0.2) is 53.3 Å². The molecule has 8 heteroatoms. The lowest BCUT2D eigenvalue weighted by atomic mass is 10.1. The van der Waals surface area contributed by atoms with Gasteiger partial charge in [0, 0.05) is 37.1 Å². The van der Waals surface area contributed by atoms with Gasteiger partial charge in [0.15, 0.2) is 5.69 Å². The van der Waals surface area contributed by atoms with Crippen LogP contribution in [-0.4, -0.2) is 58.0 Å². The fourth-order valence-corrected chi connectivity index (χ4v) is 3.32. The summed E-state index contributed by atoms with van der Waals surface area (Å²) in [6.45, 7) is 1.42. The molecule has 142 valence electrons. The number of H-pyrrole nitrogens is 1. The Hall–Kier alpha value is -3.55. The van der Waals surface area contributed by atoms with E-state index in [9.17, 15) is 18.8 Å². The van der Waals surface area contributed by atoms with E-state index in [1.54, 1.807) is 34.1 Å². The minimum atomic E-state index is -0.396. The van der Waals surface area contributed by atoms with Crippen LogP contribution in [0.2, 0.25) is 0 Å². The summed E-state index contributed by atoms with van der Waals surface area (Å²) in [6, 6.07) is 12.2. The van der Waals surface area contributed by atoms with E-state index >= 15 is 0 Å². The van der Waals surface area contributed by atoms with E-state index in [0.29, 0.717) is 42.5 Å². The van der Waals surface area contributed by atoms with Gasteiger partial charge in [0.1, 0.15) is 5.82 Å². The number of hydrogen-bond acceptors (Lipinski definition) is 4. The van der Waals surface area contributed by atoms with Crippen molar-refractivity contribution in [2.24, 2.45) is 0 Å². The Labute approximate surface area is 159 Å². The van der Waals surface area contributed by atoms with Gasteiger partial charge in [0.05, 0.1) is 5.39 Å². The third kappa shape index (κ3) is 3.24. The molecule has 0 aliphatic carbocycles. The second-order valence-electron chi connectivity index (χ2n) is 6.54. The van der Waals surface area contributed by atoms with Gasteiger partial charge in [-0.05, 0) is 30.3 Å². The number of aromatic amines is 1. The van der Waals surface area contributed by atoms with Crippen LogP contribution in [0.5, 0.6) is 0 Å². The number of aromatic nitrogens is 2. The zero-order chi connectivity index (χ0) is 19.7. The Morgan fingerprint density at radius 2 is 1.43 bits per heavy atom. The standard InChI is InChI=1S/C20H17FN4O3/c21-14-7-5-13(6-8-14)19(27)24-9-11-25(12-10-24)20(28)17-15-3-1-2-4-16(15)18(26)23-22-17/h1-8H,9-12H2,(H,23,26). The molecule has 28 heavy (non-hydrogen) atoms. The Balaban J connectivity index is 1.49. The maximum Gasteiger partial charge on any atom is 0.275 e. The number of benzene rings is 2. The van der Waals surface area contributed by atoms with Crippen molar-refractivity contribution in [3.8, 4) is 0 Å². The maximum absolute atomic E-state index is 13.0. The quantitative estimate of drug-likeness (QED) is 0.733. The third-order valence-corrected chi connectivity index (χ3v) is 4.84. The van der Waals surface area contributed by atoms with E-state index in [4.69, 9.17) is 0 Å². The molecule has 0 spiro atoms. The molecule has 0 bridgehead atoms. The second kappa shape index (κ2) is 7.22. The number of piperazine rings is 1. The van der Waals surface area contributed by atoms with Crippen molar-refractivity contribution in [2.45, 2.75) is 0 Å². The predicted octanol–water partition coefficient (Wildman–Crippen LogP) is 1.66. The molecule has 0 unspecified atom stereocenters. The van der Waals surface area contributed by atoms with Crippen LogP contribution in [0.1, 0.15) is 20.8 Å². The normalized spacial score (nSPS) is 14.3. The monoisotopic (exact) mass is 380 g/mol. The number of fused-ring (bicyclic) bond motifs is 1. The van der Waals surface area contributed by atoms with Crippen LogP contribution in [-0.2, 0) is 0 Å². The first-order chi connectivity index (χ1) is 13.5. The number of nitrogens with one attached hydrogen (secondary N) is 1. The molecule has 1 aromatic heterocycles. The Bertz CT molecular complexity index is 1100. The number of carbonyl (C=O) groups is 2. The molecule has 0 radical (unpaired) electrons. The summed E-state index contributed by atoms with van der Waals surface area (Å²) in [6.07, 6.45) is 0.